The molecule has 2 N–H and O–H groups in total. The molecule has 0 unspecified atom stereocenters. The lowest BCUT2D eigenvalue weighted by atomic mass is 9.76. The van der Waals surface area contributed by atoms with Crippen LogP contribution in [0.1, 0.15) is 48.7 Å². The topological polar surface area (TPSA) is 115 Å². The quantitative estimate of drug-likeness (QED) is 0.546. The number of carbonyl (C=O) groups is 2. The number of hydrogen-bond donors (Lipinski definition) is 2. The lowest BCUT2D eigenvalue weighted by molar-refractivity contribution is -0.0982. The van der Waals surface area contributed by atoms with E-state index in [-0.39, 0.29) is 16.9 Å². The first kappa shape index (κ1) is 20.1. The summed E-state index contributed by atoms with van der Waals surface area (Å²) in [4.78, 5) is 27.2. The van der Waals surface area contributed by atoms with Crippen LogP contribution in [-0.2, 0) is 14.1 Å². The first-order valence-electron chi connectivity index (χ1n) is 7.20. The largest absolute Gasteiger partial charge is 0.491 e. The van der Waals surface area contributed by atoms with Crippen molar-refractivity contribution in [3.05, 3.63) is 23.5 Å². The van der Waals surface area contributed by atoms with Gasteiger partial charge in [0.05, 0.1) is 25.4 Å². The minimum absolute atomic E-state index is 0.100. The molecule has 9 heteroatoms. The normalized spacial score (nSPS) is 11.8. The van der Waals surface area contributed by atoms with E-state index in [9.17, 15) is 19.7 Å². The van der Waals surface area contributed by atoms with E-state index in [0.29, 0.717) is 0 Å². The van der Waals surface area contributed by atoms with Crippen LogP contribution >= 0.6 is 0 Å². The van der Waals surface area contributed by atoms with Gasteiger partial charge in [-0.05, 0) is 45.3 Å². The van der Waals surface area contributed by atoms with Crippen LogP contribution in [0.15, 0.2) is 12.1 Å². The van der Waals surface area contributed by atoms with E-state index in [0.717, 1.165) is 0 Å². The molecule has 24 heavy (non-hydrogen) atoms. The van der Waals surface area contributed by atoms with Crippen LogP contribution in [0.5, 0.6) is 0 Å². The van der Waals surface area contributed by atoms with E-state index >= 15 is 0 Å². The van der Waals surface area contributed by atoms with Crippen molar-refractivity contribution in [2.24, 2.45) is 0 Å². The van der Waals surface area contributed by atoms with E-state index in [4.69, 9.17) is 4.65 Å². The van der Waals surface area contributed by atoms with E-state index < -0.39 is 30.3 Å². The van der Waals surface area contributed by atoms with Crippen LogP contribution in [0.3, 0.4) is 0 Å². The zero-order valence-corrected chi connectivity index (χ0v) is 14.6. The third-order valence-corrected chi connectivity index (χ3v) is 3.80. The van der Waals surface area contributed by atoms with Crippen molar-refractivity contribution in [1.29, 1.82) is 0 Å². The average molecular weight is 339 g/mol. The van der Waals surface area contributed by atoms with Crippen LogP contribution in [0.25, 0.3) is 0 Å². The number of esters is 2. The Hall–Kier alpha value is -1.97. The molecular formula is C15H22BNO7. The zero-order chi connectivity index (χ0) is 18.7. The second kappa shape index (κ2) is 7.29. The van der Waals surface area contributed by atoms with Gasteiger partial charge in [0.15, 0.2) is 0 Å². The van der Waals surface area contributed by atoms with Gasteiger partial charge in [-0.2, -0.15) is 0 Å². The van der Waals surface area contributed by atoms with E-state index in [1.54, 1.807) is 13.8 Å². The third kappa shape index (κ3) is 4.53. The lowest BCUT2D eigenvalue weighted by Gasteiger charge is -2.38. The highest BCUT2D eigenvalue weighted by Crippen LogP contribution is 2.25. The minimum atomic E-state index is -1.51. The number of nitrogens with zero attached hydrogens (tertiary/aromatic N) is 1. The van der Waals surface area contributed by atoms with Gasteiger partial charge >= 0.3 is 19.1 Å². The number of hydrogen-bond acceptors (Lipinski definition) is 8. The molecule has 0 aromatic carbocycles. The number of rotatable bonds is 6. The summed E-state index contributed by atoms with van der Waals surface area (Å²) in [7, 11) is 0.818. The molecule has 0 spiro atoms. The molecule has 1 heterocycles. The number of aliphatic hydroxyl groups is 1. The fourth-order valence-electron chi connectivity index (χ4n) is 1.60. The van der Waals surface area contributed by atoms with Gasteiger partial charge in [-0.25, -0.2) is 14.6 Å². The fraction of sp³-hybridized carbons (Fsp3) is 0.533. The Morgan fingerprint density at radius 2 is 1.46 bits per heavy atom. The van der Waals surface area contributed by atoms with Gasteiger partial charge in [0.25, 0.3) is 0 Å². The molecule has 0 saturated heterocycles. The van der Waals surface area contributed by atoms with Crippen LogP contribution in [0, 0.1) is 0 Å². The summed E-state index contributed by atoms with van der Waals surface area (Å²) in [5, 5.41) is 20.4. The molecular weight excluding hydrogens is 317 g/mol. The van der Waals surface area contributed by atoms with Crippen LogP contribution in [0.4, 0.5) is 0 Å². The summed E-state index contributed by atoms with van der Waals surface area (Å²) in [6, 6.07) is 2.48. The molecule has 1 aromatic heterocycles. The molecule has 0 saturated carbocycles. The molecule has 1 rings (SSSR count). The molecule has 0 aliphatic heterocycles. The number of pyridine rings is 1. The third-order valence-electron chi connectivity index (χ3n) is 3.80. The number of methoxy groups -OCH3 is 2. The highest BCUT2D eigenvalue weighted by Gasteiger charge is 2.40. The van der Waals surface area contributed by atoms with Crippen molar-refractivity contribution in [3.63, 3.8) is 0 Å². The van der Waals surface area contributed by atoms with Gasteiger partial charge < -0.3 is 24.3 Å². The Balaban J connectivity index is 3.26. The smallest absolute Gasteiger partial charge is 0.464 e. The Morgan fingerprint density at radius 3 is 1.79 bits per heavy atom. The SMILES string of the molecule is COC(=O)c1cc(B(O)OC(C)(C)C(C)(C)O)cc(C(=O)OC)n1. The standard InChI is InChI=1S/C15H22BNO7/c1-14(2,20)15(3,4)24-16(21)9-7-10(12(18)22-5)17-11(8-9)13(19)23-6/h7-8,20-21H,1-6H3. The first-order valence-corrected chi connectivity index (χ1v) is 7.20. The molecule has 0 fully saturated rings. The lowest BCUT2D eigenvalue weighted by Crippen LogP contribution is -2.53. The molecule has 0 radical (unpaired) electrons. The second-order valence-corrected chi connectivity index (χ2v) is 6.19. The van der Waals surface area contributed by atoms with Crippen molar-refractivity contribution in [1.82, 2.24) is 4.98 Å². The predicted octanol–water partition coefficient (Wildman–Crippen LogP) is -0.0916. The maximum Gasteiger partial charge on any atom is 0.491 e. The average Bonchev–Trinajstić information content (AvgIpc) is 2.51. The van der Waals surface area contributed by atoms with Gasteiger partial charge in [-0.1, -0.05) is 0 Å². The molecule has 8 nitrogen and oxygen atoms in total. The van der Waals surface area contributed by atoms with Gasteiger partial charge in [0.1, 0.15) is 11.4 Å². The van der Waals surface area contributed by atoms with Gasteiger partial charge in [-0.15, -0.1) is 0 Å². The summed E-state index contributed by atoms with van der Waals surface area (Å²) < 4.78 is 14.7. The maximum atomic E-state index is 11.7. The zero-order valence-electron chi connectivity index (χ0n) is 14.6. The second-order valence-electron chi connectivity index (χ2n) is 6.19. The maximum absolute atomic E-state index is 11.7. The Kier molecular flexibility index (Phi) is 6.10. The molecule has 1 aromatic rings. The van der Waals surface area contributed by atoms with Crippen molar-refractivity contribution >= 4 is 24.5 Å². The van der Waals surface area contributed by atoms with Crippen LogP contribution in [-0.4, -0.2) is 59.6 Å². The number of carbonyl (C=O) groups excluding carboxylic acids is 2. The molecule has 0 amide bonds. The van der Waals surface area contributed by atoms with Crippen molar-refractivity contribution in [2.75, 3.05) is 14.2 Å². The van der Waals surface area contributed by atoms with Crippen LogP contribution < -0.4 is 5.46 Å². The predicted molar refractivity (Wildman–Crippen MR) is 86.0 cm³/mol. The summed E-state index contributed by atoms with van der Waals surface area (Å²) in [6.45, 7) is 6.26. The molecule has 132 valence electrons. The van der Waals surface area contributed by atoms with E-state index in [1.165, 1.54) is 40.2 Å². The highest BCUT2D eigenvalue weighted by molar-refractivity contribution is 6.60. The Labute approximate surface area is 140 Å². The molecule has 0 aliphatic rings. The van der Waals surface area contributed by atoms with E-state index in [2.05, 4.69) is 14.5 Å². The van der Waals surface area contributed by atoms with Gasteiger partial charge in [-0.3, -0.25) is 0 Å². The Morgan fingerprint density at radius 1 is 1.04 bits per heavy atom. The highest BCUT2D eigenvalue weighted by atomic mass is 16.6. The first-order chi connectivity index (χ1) is 10.9. The van der Waals surface area contributed by atoms with Crippen molar-refractivity contribution in [3.8, 4) is 0 Å². The minimum Gasteiger partial charge on any atom is -0.464 e. The van der Waals surface area contributed by atoms with Gasteiger partial charge in [0, 0.05) is 0 Å². The summed E-state index contributed by atoms with van der Waals surface area (Å²) in [5.41, 5.74) is -2.63. The monoisotopic (exact) mass is 339 g/mol. The Bertz CT molecular complexity index is 590. The van der Waals surface area contributed by atoms with Crippen molar-refractivity contribution < 1.29 is 33.8 Å². The number of aromatic nitrogens is 1. The summed E-state index contributed by atoms with van der Waals surface area (Å²) >= 11 is 0. The summed E-state index contributed by atoms with van der Waals surface area (Å²) in [5.74, 6) is -1.56. The molecule has 0 atom stereocenters. The van der Waals surface area contributed by atoms with Crippen LogP contribution in [0.2, 0.25) is 0 Å². The summed E-state index contributed by atoms with van der Waals surface area (Å²) in [6.07, 6.45) is 0. The fourth-order valence-corrected chi connectivity index (χ4v) is 1.60. The van der Waals surface area contributed by atoms with Crippen molar-refractivity contribution in [2.45, 2.75) is 38.9 Å². The molecule has 0 bridgehead atoms. The molecule has 0 aliphatic carbocycles. The van der Waals surface area contributed by atoms with E-state index in [1.807, 2.05) is 0 Å². The van der Waals surface area contributed by atoms with Gasteiger partial charge in [0.2, 0.25) is 0 Å². The number of ether oxygens (including phenoxy) is 2.